The number of anilines is 2. The summed E-state index contributed by atoms with van der Waals surface area (Å²) in [5.74, 6) is 0. The quantitative estimate of drug-likeness (QED) is 0.222. The molecule has 6 rings (SSSR count). The molecule has 41 heavy (non-hydrogen) atoms. The van der Waals surface area contributed by atoms with Crippen molar-refractivity contribution in [1.82, 2.24) is 4.57 Å². The Morgan fingerprint density at radius 1 is 0.561 bits per heavy atom. The predicted octanol–water partition coefficient (Wildman–Crippen LogP) is 9.12. The average molecular weight is 533 g/mol. The van der Waals surface area contributed by atoms with Crippen LogP contribution < -0.4 is 10.9 Å². The molecule has 3 nitrogen and oxygen atoms in total. The molecular formula is C38H32N2O. The summed E-state index contributed by atoms with van der Waals surface area (Å²) in [5.41, 5.74) is 10.5. The van der Waals surface area contributed by atoms with Crippen LogP contribution in [0.25, 0.3) is 27.9 Å². The molecule has 0 aliphatic carbocycles. The van der Waals surface area contributed by atoms with Crippen molar-refractivity contribution < 1.29 is 0 Å². The van der Waals surface area contributed by atoms with Gasteiger partial charge < -0.3 is 5.32 Å². The summed E-state index contributed by atoms with van der Waals surface area (Å²) in [4.78, 5) is 14.8. The largest absolute Gasteiger partial charge is 0.354 e. The lowest BCUT2D eigenvalue weighted by atomic mass is 9.92. The molecule has 5 aromatic carbocycles. The highest BCUT2D eigenvalue weighted by molar-refractivity contribution is 5.94. The van der Waals surface area contributed by atoms with Crippen molar-refractivity contribution in [3.63, 3.8) is 0 Å². The van der Waals surface area contributed by atoms with Gasteiger partial charge in [-0.3, -0.25) is 9.36 Å². The third-order valence-electron chi connectivity index (χ3n) is 7.43. The monoisotopic (exact) mass is 532 g/mol. The van der Waals surface area contributed by atoms with Crippen LogP contribution >= 0.6 is 0 Å². The van der Waals surface area contributed by atoms with Crippen LogP contribution in [0.15, 0.2) is 144 Å². The van der Waals surface area contributed by atoms with Crippen molar-refractivity contribution in [2.75, 3.05) is 5.32 Å². The summed E-state index contributed by atoms with van der Waals surface area (Å²) in [6.45, 7) is 4.14. The van der Waals surface area contributed by atoms with Gasteiger partial charge in [0.25, 0.3) is 5.56 Å². The summed E-state index contributed by atoms with van der Waals surface area (Å²) in [7, 11) is 0. The van der Waals surface area contributed by atoms with Gasteiger partial charge in [0.15, 0.2) is 0 Å². The lowest BCUT2D eigenvalue weighted by Gasteiger charge is -2.25. The molecular weight excluding hydrogens is 500 g/mol. The summed E-state index contributed by atoms with van der Waals surface area (Å²) in [6, 6.07) is 47.3. The Bertz CT molecular complexity index is 1820. The maximum Gasteiger partial charge on any atom is 0.265 e. The first-order valence-electron chi connectivity index (χ1n) is 14.0. The maximum absolute atomic E-state index is 14.8. The van der Waals surface area contributed by atoms with Crippen molar-refractivity contribution in [2.24, 2.45) is 0 Å². The minimum Gasteiger partial charge on any atom is -0.354 e. The Morgan fingerprint density at radius 3 is 1.61 bits per heavy atom. The lowest BCUT2D eigenvalue weighted by Crippen LogP contribution is -2.26. The number of aryl methyl sites for hydroxylation is 2. The Balaban J connectivity index is 1.76. The average Bonchev–Trinajstić information content (AvgIpc) is 3.01. The van der Waals surface area contributed by atoms with E-state index in [1.54, 1.807) is 0 Å². The molecule has 1 aromatic heterocycles. The Labute approximate surface area is 241 Å². The first-order chi connectivity index (χ1) is 20.1. The lowest BCUT2D eigenvalue weighted by molar-refractivity contribution is 0.899. The molecule has 0 spiro atoms. The first kappa shape index (κ1) is 26.1. The van der Waals surface area contributed by atoms with E-state index >= 15 is 0 Å². The number of hydrogen-bond acceptors (Lipinski definition) is 2. The van der Waals surface area contributed by atoms with Crippen LogP contribution in [0.4, 0.5) is 11.4 Å². The van der Waals surface area contributed by atoms with Crippen molar-refractivity contribution >= 4 is 11.4 Å². The summed E-state index contributed by atoms with van der Waals surface area (Å²) >= 11 is 0. The molecule has 0 aliphatic heterocycles. The van der Waals surface area contributed by atoms with Gasteiger partial charge in [-0.1, -0.05) is 126 Å². The Hall–Kier alpha value is -5.15. The van der Waals surface area contributed by atoms with Gasteiger partial charge in [-0.2, -0.15) is 0 Å². The molecule has 3 heteroatoms. The van der Waals surface area contributed by atoms with Gasteiger partial charge in [-0.15, -0.1) is 0 Å². The third-order valence-corrected chi connectivity index (χ3v) is 7.43. The molecule has 0 fully saturated rings. The van der Waals surface area contributed by atoms with E-state index in [9.17, 15) is 4.79 Å². The molecule has 1 N–H and O–H groups in total. The Kier molecular flexibility index (Phi) is 7.34. The smallest absolute Gasteiger partial charge is 0.265 e. The van der Waals surface area contributed by atoms with E-state index in [1.807, 2.05) is 59.2 Å². The van der Waals surface area contributed by atoms with Crippen molar-refractivity contribution in [2.45, 2.75) is 20.3 Å². The second kappa shape index (κ2) is 11.5. The fourth-order valence-electron chi connectivity index (χ4n) is 5.34. The van der Waals surface area contributed by atoms with Gasteiger partial charge in [0.1, 0.15) is 0 Å². The fourth-order valence-corrected chi connectivity index (χ4v) is 5.34. The van der Waals surface area contributed by atoms with Crippen molar-refractivity contribution in [3.05, 3.63) is 172 Å². The molecule has 0 unspecified atom stereocenters. The zero-order valence-corrected chi connectivity index (χ0v) is 23.3. The number of benzene rings is 5. The van der Waals surface area contributed by atoms with Crippen molar-refractivity contribution in [3.8, 4) is 27.9 Å². The molecule has 0 bridgehead atoms. The normalized spacial score (nSPS) is 10.9. The molecule has 0 atom stereocenters. The van der Waals surface area contributed by atoms with Gasteiger partial charge >= 0.3 is 0 Å². The van der Waals surface area contributed by atoms with Gasteiger partial charge in [0.05, 0.1) is 11.3 Å². The van der Waals surface area contributed by atoms with E-state index in [0.717, 1.165) is 50.6 Å². The SMILES string of the molecule is Cc1ccc(Nc2c(-c3ccccc3)c(Cc3ccccc3)n(-c3ccc(C)cc3)c(=O)c2-c2ccccc2)cc1. The molecule has 0 radical (unpaired) electrons. The molecule has 0 saturated heterocycles. The molecule has 0 amide bonds. The van der Waals surface area contributed by atoms with Crippen LogP contribution in [0.3, 0.4) is 0 Å². The van der Waals surface area contributed by atoms with E-state index in [-0.39, 0.29) is 5.56 Å². The Morgan fingerprint density at radius 2 is 1.05 bits per heavy atom. The number of nitrogens with zero attached hydrogens (tertiary/aromatic N) is 1. The van der Waals surface area contributed by atoms with Crippen LogP contribution in [0, 0.1) is 13.8 Å². The minimum atomic E-state index is -0.0553. The minimum absolute atomic E-state index is 0.0553. The number of pyridine rings is 1. The number of rotatable bonds is 7. The highest BCUT2D eigenvalue weighted by atomic mass is 16.1. The zero-order valence-electron chi connectivity index (χ0n) is 23.3. The molecule has 200 valence electrons. The first-order valence-corrected chi connectivity index (χ1v) is 14.0. The van der Waals surface area contributed by atoms with E-state index in [4.69, 9.17) is 0 Å². The highest BCUT2D eigenvalue weighted by Gasteiger charge is 2.25. The standard InChI is InChI=1S/C38H32N2O/c1-27-18-22-32(23-19-27)39-37-35(30-14-8-4-9-15-30)34(26-29-12-6-3-7-13-29)40(33-24-20-28(2)21-25-33)38(41)36(37)31-16-10-5-11-17-31/h3-25,39H,26H2,1-2H3. The molecule has 0 saturated carbocycles. The number of hydrogen-bond donors (Lipinski definition) is 1. The van der Waals surface area contributed by atoms with Crippen LogP contribution in [0.5, 0.6) is 0 Å². The van der Waals surface area contributed by atoms with E-state index < -0.39 is 0 Å². The zero-order chi connectivity index (χ0) is 28.2. The van der Waals surface area contributed by atoms with Gasteiger partial charge in [0, 0.05) is 29.1 Å². The fraction of sp³-hybridized carbons (Fsp3) is 0.0789. The van der Waals surface area contributed by atoms with E-state index in [1.165, 1.54) is 5.56 Å². The van der Waals surface area contributed by atoms with Crippen LogP contribution in [-0.2, 0) is 6.42 Å². The highest BCUT2D eigenvalue weighted by Crippen LogP contribution is 2.41. The molecule has 6 aromatic rings. The summed E-state index contributed by atoms with van der Waals surface area (Å²) < 4.78 is 1.91. The summed E-state index contributed by atoms with van der Waals surface area (Å²) in [5, 5.41) is 3.71. The number of nitrogens with one attached hydrogen (secondary N) is 1. The second-order valence-corrected chi connectivity index (χ2v) is 10.4. The summed E-state index contributed by atoms with van der Waals surface area (Å²) in [6.07, 6.45) is 0.589. The van der Waals surface area contributed by atoms with E-state index in [0.29, 0.717) is 12.0 Å². The second-order valence-electron chi connectivity index (χ2n) is 10.4. The van der Waals surface area contributed by atoms with Gasteiger partial charge in [0.2, 0.25) is 0 Å². The topological polar surface area (TPSA) is 34.0 Å². The third kappa shape index (κ3) is 5.48. The van der Waals surface area contributed by atoms with Crippen LogP contribution in [0.2, 0.25) is 0 Å². The molecule has 0 aliphatic rings. The predicted molar refractivity (Wildman–Crippen MR) is 171 cm³/mol. The van der Waals surface area contributed by atoms with Gasteiger partial charge in [-0.05, 0) is 54.8 Å². The maximum atomic E-state index is 14.8. The van der Waals surface area contributed by atoms with Crippen LogP contribution in [-0.4, -0.2) is 4.57 Å². The van der Waals surface area contributed by atoms with Crippen molar-refractivity contribution in [1.29, 1.82) is 0 Å². The van der Waals surface area contributed by atoms with E-state index in [2.05, 4.69) is 104 Å². The number of aromatic nitrogens is 1. The van der Waals surface area contributed by atoms with Crippen LogP contribution in [0.1, 0.15) is 22.4 Å². The molecule has 1 heterocycles. The van der Waals surface area contributed by atoms with Gasteiger partial charge in [-0.25, -0.2) is 0 Å².